The molecule has 0 saturated carbocycles. The summed E-state index contributed by atoms with van der Waals surface area (Å²) in [6, 6.07) is 6.78. The van der Waals surface area contributed by atoms with Crippen LogP contribution in [0, 0.1) is 13.0 Å². The van der Waals surface area contributed by atoms with E-state index >= 15 is 0 Å². The summed E-state index contributed by atoms with van der Waals surface area (Å²) >= 11 is 0. The maximum atomic E-state index is 9.43. The Morgan fingerprint density at radius 3 is 2.33 bits per heavy atom. The summed E-state index contributed by atoms with van der Waals surface area (Å²) in [6.45, 7) is 8.20. The molecule has 1 aromatic carbocycles. The largest absolute Gasteiger partial charge is 0.508 e. The van der Waals surface area contributed by atoms with Gasteiger partial charge in [-0.25, -0.2) is 0 Å². The molecule has 1 heteroatoms. The molecular formula is C11H15O. The van der Waals surface area contributed by atoms with E-state index in [-0.39, 0.29) is 5.41 Å². The van der Waals surface area contributed by atoms with E-state index in [1.807, 2.05) is 19.1 Å². The number of aromatic hydroxyl groups is 1. The zero-order valence-corrected chi connectivity index (χ0v) is 8.10. The minimum Gasteiger partial charge on any atom is -0.508 e. The first-order valence-electron chi connectivity index (χ1n) is 4.13. The van der Waals surface area contributed by atoms with Crippen molar-refractivity contribution in [3.8, 4) is 5.75 Å². The van der Waals surface area contributed by atoms with Crippen LogP contribution >= 0.6 is 0 Å². The highest BCUT2D eigenvalue weighted by molar-refractivity contribution is 5.37. The molecule has 1 nitrogen and oxygen atoms in total. The van der Waals surface area contributed by atoms with E-state index in [0.29, 0.717) is 5.75 Å². The van der Waals surface area contributed by atoms with Crippen LogP contribution in [0.4, 0.5) is 0 Å². The van der Waals surface area contributed by atoms with Gasteiger partial charge in [0.25, 0.3) is 0 Å². The summed E-state index contributed by atoms with van der Waals surface area (Å²) in [7, 11) is 0. The van der Waals surface area contributed by atoms with Gasteiger partial charge < -0.3 is 5.11 Å². The minimum absolute atomic E-state index is 0.0850. The van der Waals surface area contributed by atoms with Crippen molar-refractivity contribution in [2.45, 2.75) is 33.1 Å². The third-order valence-electron chi connectivity index (χ3n) is 1.99. The van der Waals surface area contributed by atoms with E-state index in [9.17, 15) is 5.11 Å². The van der Waals surface area contributed by atoms with Crippen LogP contribution in [-0.4, -0.2) is 5.11 Å². The summed E-state index contributed by atoms with van der Waals surface area (Å²) in [5.74, 6) is 0.336. The van der Waals surface area contributed by atoms with Crippen molar-refractivity contribution in [1.82, 2.24) is 0 Å². The number of hydrogen-bond acceptors (Lipinski definition) is 1. The number of hydrogen-bond donors (Lipinski definition) is 1. The number of benzene rings is 1. The summed E-state index contributed by atoms with van der Waals surface area (Å²) in [5.41, 5.74) is 2.01. The molecule has 0 bridgehead atoms. The predicted octanol–water partition coefficient (Wildman–Crippen LogP) is 2.80. The molecular weight excluding hydrogens is 148 g/mol. The van der Waals surface area contributed by atoms with E-state index in [0.717, 1.165) is 11.1 Å². The fourth-order valence-corrected chi connectivity index (χ4v) is 0.990. The van der Waals surface area contributed by atoms with Gasteiger partial charge in [0.05, 0.1) is 0 Å². The predicted molar refractivity (Wildman–Crippen MR) is 50.4 cm³/mol. The van der Waals surface area contributed by atoms with Gasteiger partial charge in [-0.15, -0.1) is 0 Å². The Balaban J connectivity index is 3.14. The van der Waals surface area contributed by atoms with Gasteiger partial charge in [0, 0.05) is 0 Å². The van der Waals surface area contributed by atoms with Crippen LogP contribution in [0.5, 0.6) is 5.75 Å². The Bertz CT molecular complexity index is 282. The van der Waals surface area contributed by atoms with Crippen LogP contribution in [0.2, 0.25) is 0 Å². The molecule has 0 spiro atoms. The quantitative estimate of drug-likeness (QED) is 0.623. The summed E-state index contributed by atoms with van der Waals surface area (Å²) in [4.78, 5) is 0. The van der Waals surface area contributed by atoms with Crippen molar-refractivity contribution < 1.29 is 5.11 Å². The molecule has 0 aromatic heterocycles. The zero-order valence-electron chi connectivity index (χ0n) is 8.10. The maximum absolute atomic E-state index is 9.43. The minimum atomic E-state index is 0.0850. The van der Waals surface area contributed by atoms with E-state index < -0.39 is 0 Å². The molecule has 65 valence electrons. The Morgan fingerprint density at radius 2 is 1.92 bits per heavy atom. The van der Waals surface area contributed by atoms with Gasteiger partial charge in [0.15, 0.2) is 0 Å². The molecule has 0 unspecified atom stereocenters. The van der Waals surface area contributed by atoms with E-state index in [4.69, 9.17) is 0 Å². The molecule has 0 aliphatic carbocycles. The van der Waals surface area contributed by atoms with Gasteiger partial charge in [-0.1, -0.05) is 26.8 Å². The third kappa shape index (κ3) is 1.79. The lowest BCUT2D eigenvalue weighted by Gasteiger charge is -2.19. The van der Waals surface area contributed by atoms with Gasteiger partial charge in [-0.3, -0.25) is 0 Å². The van der Waals surface area contributed by atoms with E-state index in [1.54, 1.807) is 0 Å². The second-order valence-corrected chi connectivity index (χ2v) is 4.15. The van der Waals surface area contributed by atoms with Crippen molar-refractivity contribution in [2.24, 2.45) is 0 Å². The molecule has 1 rings (SSSR count). The summed E-state index contributed by atoms with van der Waals surface area (Å²) in [6.07, 6.45) is 0. The molecule has 0 heterocycles. The van der Waals surface area contributed by atoms with Gasteiger partial charge in [0.1, 0.15) is 5.75 Å². The van der Waals surface area contributed by atoms with Gasteiger partial charge >= 0.3 is 0 Å². The molecule has 1 radical (unpaired) electrons. The second-order valence-electron chi connectivity index (χ2n) is 4.15. The molecule has 0 fully saturated rings. The van der Waals surface area contributed by atoms with Crippen molar-refractivity contribution in [3.05, 3.63) is 29.3 Å². The third-order valence-corrected chi connectivity index (χ3v) is 1.99. The number of phenols is 1. The zero-order chi connectivity index (χ0) is 9.35. The lowest BCUT2D eigenvalue weighted by Crippen LogP contribution is -2.10. The van der Waals surface area contributed by atoms with Crippen LogP contribution in [0.1, 0.15) is 31.9 Å². The average molecular weight is 163 g/mol. The number of aryl methyl sites for hydroxylation is 1. The van der Waals surface area contributed by atoms with Crippen molar-refractivity contribution in [1.29, 1.82) is 0 Å². The van der Waals surface area contributed by atoms with Crippen LogP contribution in [-0.2, 0) is 5.41 Å². The molecule has 0 aliphatic heterocycles. The van der Waals surface area contributed by atoms with Crippen molar-refractivity contribution in [2.75, 3.05) is 0 Å². The van der Waals surface area contributed by atoms with Crippen LogP contribution in [0.25, 0.3) is 0 Å². The Hall–Kier alpha value is -0.980. The van der Waals surface area contributed by atoms with Crippen LogP contribution < -0.4 is 0 Å². The van der Waals surface area contributed by atoms with Gasteiger partial charge in [-0.2, -0.15) is 0 Å². The second kappa shape index (κ2) is 2.81. The lowest BCUT2D eigenvalue weighted by molar-refractivity contribution is 0.466. The fourth-order valence-electron chi connectivity index (χ4n) is 0.990. The highest BCUT2D eigenvalue weighted by Crippen LogP contribution is 2.26. The Labute approximate surface area is 74.1 Å². The first-order chi connectivity index (χ1) is 5.41. The summed E-state index contributed by atoms with van der Waals surface area (Å²) < 4.78 is 0. The highest BCUT2D eigenvalue weighted by Gasteiger charge is 2.14. The monoisotopic (exact) mass is 163 g/mol. The van der Waals surface area contributed by atoms with Crippen molar-refractivity contribution >= 4 is 0 Å². The Kier molecular flexibility index (Phi) is 2.14. The fraction of sp³-hybridized carbons (Fsp3) is 0.455. The topological polar surface area (TPSA) is 20.2 Å². The maximum Gasteiger partial charge on any atom is 0.119 e. The lowest BCUT2D eigenvalue weighted by atomic mass is 9.86. The van der Waals surface area contributed by atoms with Crippen molar-refractivity contribution in [3.63, 3.8) is 0 Å². The number of phenolic OH excluding ortho intramolecular Hbond substituents is 1. The molecule has 0 saturated heterocycles. The smallest absolute Gasteiger partial charge is 0.119 e. The van der Waals surface area contributed by atoms with E-state index in [1.165, 1.54) is 0 Å². The average Bonchev–Trinajstić information content (AvgIpc) is 1.92. The number of rotatable bonds is 0. The first kappa shape index (κ1) is 9.11. The molecule has 0 atom stereocenters. The molecule has 1 aromatic rings. The standard InChI is InChI=1S/C11H15O/c1-8-5-6-9(7-10(8)12)11(2,3)4/h6-7,12H,1-4H3. The van der Waals surface area contributed by atoms with Gasteiger partial charge in [-0.05, 0) is 35.6 Å². The molecule has 12 heavy (non-hydrogen) atoms. The first-order valence-corrected chi connectivity index (χ1v) is 4.13. The summed E-state index contributed by atoms with van der Waals surface area (Å²) in [5, 5.41) is 9.43. The Morgan fingerprint density at radius 1 is 1.33 bits per heavy atom. The van der Waals surface area contributed by atoms with E-state index in [2.05, 4.69) is 26.8 Å². The molecule has 1 N–H and O–H groups in total. The molecule has 0 aliphatic rings. The molecule has 0 amide bonds. The SMILES string of the molecule is Cc1[c]cc(C(C)(C)C)cc1O. The normalized spacial score (nSPS) is 11.7. The van der Waals surface area contributed by atoms with Crippen LogP contribution in [0.3, 0.4) is 0 Å². The van der Waals surface area contributed by atoms with Gasteiger partial charge in [0.2, 0.25) is 0 Å². The van der Waals surface area contributed by atoms with Crippen LogP contribution in [0.15, 0.2) is 12.1 Å². The highest BCUT2D eigenvalue weighted by atomic mass is 16.3.